The van der Waals surface area contributed by atoms with Crippen molar-refractivity contribution in [3.8, 4) is 0 Å². The molecule has 5 heteroatoms. The lowest BCUT2D eigenvalue weighted by atomic mass is 10.2. The van der Waals surface area contributed by atoms with Crippen LogP contribution >= 0.6 is 11.8 Å². The fourth-order valence-corrected chi connectivity index (χ4v) is 3.69. The summed E-state index contributed by atoms with van der Waals surface area (Å²) in [5, 5.41) is 2.83. The first-order valence-corrected chi connectivity index (χ1v) is 8.26. The van der Waals surface area contributed by atoms with Crippen LogP contribution in [-0.4, -0.2) is 6.03 Å². The Balaban J connectivity index is 1.74. The van der Waals surface area contributed by atoms with E-state index in [0.29, 0.717) is 5.69 Å². The smallest absolute Gasteiger partial charge is 0.307 e. The summed E-state index contributed by atoms with van der Waals surface area (Å²) in [7, 11) is 0. The van der Waals surface area contributed by atoms with Crippen molar-refractivity contribution in [2.24, 2.45) is 0 Å². The molecule has 1 aliphatic heterocycles. The molecule has 0 aliphatic carbocycles. The van der Waals surface area contributed by atoms with Gasteiger partial charge in [0, 0.05) is 15.5 Å². The molecule has 1 N–H and O–H groups in total. The van der Waals surface area contributed by atoms with Crippen LogP contribution in [0.4, 0.5) is 26.2 Å². The maximum Gasteiger partial charge on any atom is 0.331 e. The summed E-state index contributed by atoms with van der Waals surface area (Å²) >= 11 is 1.64. The van der Waals surface area contributed by atoms with Crippen LogP contribution in [0.3, 0.4) is 0 Å². The number of anilines is 3. The van der Waals surface area contributed by atoms with Crippen LogP contribution in [0.15, 0.2) is 82.6 Å². The van der Waals surface area contributed by atoms with Gasteiger partial charge in [0.1, 0.15) is 5.82 Å². The summed E-state index contributed by atoms with van der Waals surface area (Å²) in [6.07, 6.45) is 0. The van der Waals surface area contributed by atoms with Gasteiger partial charge >= 0.3 is 6.03 Å². The first-order valence-electron chi connectivity index (χ1n) is 7.45. The molecular formula is C19H13FN2OS. The number of urea groups is 1. The lowest BCUT2D eigenvalue weighted by molar-refractivity contribution is 0.259. The van der Waals surface area contributed by atoms with Crippen LogP contribution in [0.2, 0.25) is 0 Å². The summed E-state index contributed by atoms with van der Waals surface area (Å²) in [6, 6.07) is 21.0. The SMILES string of the molecule is O=C(Nc1ccc(F)cc1)N1c2ccccc2Sc2ccccc21. The van der Waals surface area contributed by atoms with Crippen LogP contribution in [-0.2, 0) is 0 Å². The summed E-state index contributed by atoms with van der Waals surface area (Å²) < 4.78 is 13.0. The maximum absolute atomic E-state index is 13.0. The molecular weight excluding hydrogens is 323 g/mol. The van der Waals surface area contributed by atoms with Gasteiger partial charge in [0.2, 0.25) is 0 Å². The number of hydrogen-bond donors (Lipinski definition) is 1. The minimum absolute atomic E-state index is 0.276. The highest BCUT2D eigenvalue weighted by molar-refractivity contribution is 7.99. The van der Waals surface area contributed by atoms with Crippen LogP contribution in [0.5, 0.6) is 0 Å². The van der Waals surface area contributed by atoms with Gasteiger partial charge in [-0.05, 0) is 48.5 Å². The van der Waals surface area contributed by atoms with E-state index in [2.05, 4.69) is 5.32 Å². The second kappa shape index (κ2) is 6.02. The number of benzene rings is 3. The standard InChI is InChI=1S/C19H13FN2OS/c20-13-9-11-14(12-10-13)21-19(23)22-15-5-1-3-7-17(15)24-18-8-4-2-6-16(18)22/h1-12H,(H,21,23). The Hall–Kier alpha value is -2.79. The van der Waals surface area contributed by atoms with E-state index in [1.54, 1.807) is 28.8 Å². The Morgan fingerprint density at radius 3 is 1.96 bits per heavy atom. The minimum atomic E-state index is -0.335. The monoisotopic (exact) mass is 336 g/mol. The van der Waals surface area contributed by atoms with Crippen LogP contribution in [0, 0.1) is 5.82 Å². The van der Waals surface area contributed by atoms with Crippen LogP contribution < -0.4 is 10.2 Å². The average molecular weight is 336 g/mol. The molecule has 3 aromatic carbocycles. The zero-order chi connectivity index (χ0) is 16.5. The maximum atomic E-state index is 13.0. The minimum Gasteiger partial charge on any atom is -0.307 e. The van der Waals surface area contributed by atoms with Crippen molar-refractivity contribution in [3.63, 3.8) is 0 Å². The molecule has 1 heterocycles. The van der Waals surface area contributed by atoms with E-state index in [1.165, 1.54) is 12.1 Å². The van der Waals surface area contributed by atoms with Gasteiger partial charge in [-0.2, -0.15) is 0 Å². The van der Waals surface area contributed by atoms with Gasteiger partial charge in [0.15, 0.2) is 0 Å². The first kappa shape index (κ1) is 14.8. The molecule has 0 fully saturated rings. The van der Waals surface area contributed by atoms with Crippen LogP contribution in [0.1, 0.15) is 0 Å². The highest BCUT2D eigenvalue weighted by atomic mass is 32.2. The van der Waals surface area contributed by atoms with E-state index in [4.69, 9.17) is 0 Å². The number of nitrogens with one attached hydrogen (secondary N) is 1. The molecule has 0 atom stereocenters. The summed E-state index contributed by atoms with van der Waals surface area (Å²) in [5.41, 5.74) is 2.22. The van der Waals surface area contributed by atoms with E-state index < -0.39 is 0 Å². The summed E-state index contributed by atoms with van der Waals surface area (Å²) in [6.45, 7) is 0. The molecule has 0 radical (unpaired) electrons. The van der Waals surface area contributed by atoms with Gasteiger partial charge in [-0.1, -0.05) is 36.0 Å². The molecule has 24 heavy (non-hydrogen) atoms. The number of carbonyl (C=O) groups excluding carboxylic acids is 1. The molecule has 0 aromatic heterocycles. The zero-order valence-electron chi connectivity index (χ0n) is 12.6. The lowest BCUT2D eigenvalue weighted by Crippen LogP contribution is -2.32. The third-order valence-corrected chi connectivity index (χ3v) is 4.86. The Bertz CT molecular complexity index is 866. The van der Waals surface area contributed by atoms with Crippen molar-refractivity contribution >= 4 is 34.9 Å². The molecule has 3 aromatic rings. The van der Waals surface area contributed by atoms with E-state index in [1.807, 2.05) is 48.5 Å². The second-order valence-electron chi connectivity index (χ2n) is 5.31. The molecule has 0 spiro atoms. The number of carbonyl (C=O) groups is 1. The number of para-hydroxylation sites is 2. The molecule has 118 valence electrons. The van der Waals surface area contributed by atoms with E-state index in [9.17, 15) is 9.18 Å². The number of nitrogens with zero attached hydrogens (tertiary/aromatic N) is 1. The molecule has 4 rings (SSSR count). The lowest BCUT2D eigenvalue weighted by Gasteiger charge is -2.31. The van der Waals surface area contributed by atoms with Crippen molar-refractivity contribution in [1.82, 2.24) is 0 Å². The Labute approximate surface area is 143 Å². The summed E-state index contributed by atoms with van der Waals surface area (Å²) in [5.74, 6) is -0.335. The van der Waals surface area contributed by atoms with Crippen molar-refractivity contribution in [1.29, 1.82) is 0 Å². The first-order chi connectivity index (χ1) is 11.7. The quantitative estimate of drug-likeness (QED) is 0.622. The third kappa shape index (κ3) is 2.63. The van der Waals surface area contributed by atoms with Gasteiger partial charge in [0.05, 0.1) is 11.4 Å². The largest absolute Gasteiger partial charge is 0.331 e. The number of rotatable bonds is 1. The molecule has 0 bridgehead atoms. The van der Waals surface area contributed by atoms with Crippen LogP contribution in [0.25, 0.3) is 0 Å². The third-order valence-electron chi connectivity index (χ3n) is 3.73. The van der Waals surface area contributed by atoms with E-state index in [0.717, 1.165) is 21.2 Å². The van der Waals surface area contributed by atoms with E-state index >= 15 is 0 Å². The van der Waals surface area contributed by atoms with Crippen molar-refractivity contribution in [3.05, 3.63) is 78.6 Å². The van der Waals surface area contributed by atoms with Gasteiger partial charge in [-0.15, -0.1) is 0 Å². The zero-order valence-corrected chi connectivity index (χ0v) is 13.4. The molecule has 3 nitrogen and oxygen atoms in total. The van der Waals surface area contributed by atoms with Crippen molar-refractivity contribution in [2.75, 3.05) is 10.2 Å². The van der Waals surface area contributed by atoms with Gasteiger partial charge < -0.3 is 5.32 Å². The Morgan fingerprint density at radius 2 is 1.38 bits per heavy atom. The summed E-state index contributed by atoms with van der Waals surface area (Å²) in [4.78, 5) is 16.6. The van der Waals surface area contributed by atoms with Gasteiger partial charge in [-0.3, -0.25) is 4.90 Å². The number of halogens is 1. The molecule has 0 saturated heterocycles. The number of hydrogen-bond acceptors (Lipinski definition) is 2. The molecule has 2 amide bonds. The molecule has 0 unspecified atom stereocenters. The Kier molecular flexibility index (Phi) is 3.70. The highest BCUT2D eigenvalue weighted by Gasteiger charge is 2.27. The molecule has 0 saturated carbocycles. The fourth-order valence-electron chi connectivity index (χ4n) is 2.64. The van der Waals surface area contributed by atoms with Crippen molar-refractivity contribution in [2.45, 2.75) is 9.79 Å². The predicted octanol–water partition coefficient (Wildman–Crippen LogP) is 5.66. The van der Waals surface area contributed by atoms with E-state index in [-0.39, 0.29) is 11.8 Å². The van der Waals surface area contributed by atoms with Gasteiger partial charge in [-0.25, -0.2) is 9.18 Å². The average Bonchev–Trinajstić information content (AvgIpc) is 2.61. The fraction of sp³-hybridized carbons (Fsp3) is 0. The van der Waals surface area contributed by atoms with Gasteiger partial charge in [0.25, 0.3) is 0 Å². The Morgan fingerprint density at radius 1 is 0.833 bits per heavy atom. The topological polar surface area (TPSA) is 32.3 Å². The molecule has 1 aliphatic rings. The normalized spacial score (nSPS) is 12.3. The number of amides is 2. The number of fused-ring (bicyclic) bond motifs is 2. The van der Waals surface area contributed by atoms with Crippen molar-refractivity contribution < 1.29 is 9.18 Å². The highest BCUT2D eigenvalue weighted by Crippen LogP contribution is 2.47. The second-order valence-corrected chi connectivity index (χ2v) is 6.39. The predicted molar refractivity (Wildman–Crippen MR) is 94.6 cm³/mol.